The predicted molar refractivity (Wildman–Crippen MR) is 142 cm³/mol. The number of benzene rings is 1. The van der Waals surface area contributed by atoms with Crippen molar-refractivity contribution in [3.63, 3.8) is 0 Å². The molecule has 206 valence electrons. The molecule has 10 nitrogen and oxygen atoms in total. The summed E-state index contributed by atoms with van der Waals surface area (Å²) in [7, 11) is -3.32. The molecule has 2 bridgehead atoms. The highest BCUT2D eigenvalue weighted by Gasteiger charge is 2.36. The molecular formula is C26H41N5O5S. The zero-order valence-electron chi connectivity index (χ0n) is 22.5. The highest BCUT2D eigenvalue weighted by Crippen LogP contribution is 2.20. The quantitative estimate of drug-likeness (QED) is 0.457. The Balaban J connectivity index is 1.46. The first kappa shape index (κ1) is 29.3. The van der Waals surface area contributed by atoms with Crippen LogP contribution in [0.2, 0.25) is 0 Å². The molecule has 2 saturated heterocycles. The van der Waals surface area contributed by atoms with Gasteiger partial charge in [0.1, 0.15) is 0 Å². The molecule has 0 aliphatic carbocycles. The van der Waals surface area contributed by atoms with Crippen LogP contribution in [-0.4, -0.2) is 122 Å². The Morgan fingerprint density at radius 2 is 1.59 bits per heavy atom. The number of hydrogen-bond donors (Lipinski definition) is 1. The molecule has 2 aliphatic rings. The Morgan fingerprint density at radius 3 is 2.05 bits per heavy atom. The number of rotatable bonds is 11. The largest absolute Gasteiger partial charge is 0.465 e. The lowest BCUT2D eigenvalue weighted by Crippen LogP contribution is -2.61. The lowest BCUT2D eigenvalue weighted by molar-refractivity contribution is -0.139. The Morgan fingerprint density at radius 1 is 1.05 bits per heavy atom. The molecule has 0 saturated carbocycles. The molecule has 0 spiro atoms. The Hall–Kier alpha value is -2.23. The van der Waals surface area contributed by atoms with Gasteiger partial charge < -0.3 is 14.7 Å². The van der Waals surface area contributed by atoms with Crippen LogP contribution < -0.4 is 0 Å². The van der Waals surface area contributed by atoms with Gasteiger partial charge in [-0.25, -0.2) is 17.5 Å². The molecular weight excluding hydrogens is 494 g/mol. The minimum atomic E-state index is -3.32. The van der Waals surface area contributed by atoms with E-state index in [1.807, 2.05) is 32.9 Å². The van der Waals surface area contributed by atoms with Crippen LogP contribution in [0.3, 0.4) is 0 Å². The van der Waals surface area contributed by atoms with E-state index in [0.717, 1.165) is 38.2 Å². The summed E-state index contributed by atoms with van der Waals surface area (Å²) in [6, 6.07) is 9.51. The first-order chi connectivity index (χ1) is 17.3. The molecule has 1 aromatic carbocycles. The van der Waals surface area contributed by atoms with Gasteiger partial charge in [-0.15, -0.1) is 0 Å². The summed E-state index contributed by atoms with van der Waals surface area (Å²) in [5.41, 5.74) is 1.26. The summed E-state index contributed by atoms with van der Waals surface area (Å²) in [4.78, 5) is 17.7. The number of hydrogen-bond acceptors (Lipinski definition) is 7. The van der Waals surface area contributed by atoms with Crippen molar-refractivity contribution in [1.29, 1.82) is 5.26 Å². The summed E-state index contributed by atoms with van der Waals surface area (Å²) in [6.45, 7) is 11.3. The fourth-order valence-corrected chi connectivity index (χ4v) is 5.96. The summed E-state index contributed by atoms with van der Waals surface area (Å²) in [6.07, 6.45) is 1.89. The molecule has 1 N–H and O–H groups in total. The first-order valence-electron chi connectivity index (χ1n) is 12.9. The normalized spacial score (nSPS) is 21.1. The molecule has 3 rings (SSSR count). The van der Waals surface area contributed by atoms with Gasteiger partial charge in [0.05, 0.1) is 30.1 Å². The molecule has 2 heterocycles. The van der Waals surface area contributed by atoms with Crippen LogP contribution in [0, 0.1) is 11.3 Å². The Kier molecular flexibility index (Phi) is 9.94. The second-order valence-corrected chi connectivity index (χ2v) is 13.1. The van der Waals surface area contributed by atoms with Crippen LogP contribution in [-0.2, 0) is 21.2 Å². The predicted octanol–water partition coefficient (Wildman–Crippen LogP) is 1.92. The third kappa shape index (κ3) is 8.93. The van der Waals surface area contributed by atoms with Gasteiger partial charge in [0.15, 0.2) is 0 Å². The highest BCUT2D eigenvalue weighted by molar-refractivity contribution is 7.88. The van der Waals surface area contributed by atoms with E-state index in [1.54, 1.807) is 16.4 Å². The van der Waals surface area contributed by atoms with E-state index >= 15 is 0 Å². The second-order valence-electron chi connectivity index (χ2n) is 11.1. The van der Waals surface area contributed by atoms with Crippen LogP contribution in [0.1, 0.15) is 38.3 Å². The lowest BCUT2D eigenvalue weighted by Gasteiger charge is -2.46. The minimum absolute atomic E-state index is 0.0310. The number of nitrogens with zero attached hydrogens (tertiary/aromatic N) is 5. The van der Waals surface area contributed by atoms with Gasteiger partial charge in [-0.1, -0.05) is 12.1 Å². The summed E-state index contributed by atoms with van der Waals surface area (Å²) < 4.78 is 32.5. The van der Waals surface area contributed by atoms with E-state index in [-0.39, 0.29) is 12.2 Å². The SMILES string of the molecule is CC(C)(C)N(CCN1CC2CN(CCN(CCCc3ccc(C#N)cc3)S(C)(=O)=O)CC(C1)O2)C(=O)O. The van der Waals surface area contributed by atoms with Crippen molar-refractivity contribution < 1.29 is 23.1 Å². The maximum atomic E-state index is 12.4. The van der Waals surface area contributed by atoms with Crippen LogP contribution in [0.25, 0.3) is 0 Å². The zero-order valence-corrected chi connectivity index (χ0v) is 23.3. The highest BCUT2D eigenvalue weighted by atomic mass is 32.2. The summed E-state index contributed by atoms with van der Waals surface area (Å²) >= 11 is 0. The molecule has 0 radical (unpaired) electrons. The fraction of sp³-hybridized carbons (Fsp3) is 0.692. The monoisotopic (exact) mass is 535 g/mol. The molecule has 2 aliphatic heterocycles. The van der Waals surface area contributed by atoms with Crippen LogP contribution >= 0.6 is 0 Å². The molecule has 2 fully saturated rings. The van der Waals surface area contributed by atoms with Crippen LogP contribution in [0.5, 0.6) is 0 Å². The Bertz CT molecular complexity index is 1040. The van der Waals surface area contributed by atoms with E-state index < -0.39 is 21.7 Å². The average molecular weight is 536 g/mol. The number of amides is 1. The molecule has 2 atom stereocenters. The molecule has 0 aromatic heterocycles. The maximum Gasteiger partial charge on any atom is 0.407 e. The first-order valence-corrected chi connectivity index (χ1v) is 14.7. The number of fused-ring (bicyclic) bond motifs is 2. The fourth-order valence-electron chi connectivity index (χ4n) is 5.09. The van der Waals surface area contributed by atoms with Crippen molar-refractivity contribution in [2.24, 2.45) is 0 Å². The molecule has 37 heavy (non-hydrogen) atoms. The number of ether oxygens (including phenoxy) is 1. The molecule has 1 aromatic rings. The van der Waals surface area contributed by atoms with Gasteiger partial charge in [-0.2, -0.15) is 5.26 Å². The van der Waals surface area contributed by atoms with Crippen LogP contribution in [0.4, 0.5) is 4.79 Å². The third-order valence-electron chi connectivity index (χ3n) is 7.00. The minimum Gasteiger partial charge on any atom is -0.465 e. The van der Waals surface area contributed by atoms with E-state index in [1.165, 1.54) is 11.2 Å². The number of morpholine rings is 2. The number of carbonyl (C=O) groups is 1. The third-order valence-corrected chi connectivity index (χ3v) is 8.31. The summed E-state index contributed by atoms with van der Waals surface area (Å²) in [5, 5.41) is 18.5. The van der Waals surface area contributed by atoms with E-state index in [2.05, 4.69) is 15.9 Å². The van der Waals surface area contributed by atoms with Crippen molar-refractivity contribution in [2.45, 2.75) is 51.4 Å². The van der Waals surface area contributed by atoms with Crippen molar-refractivity contribution >= 4 is 16.1 Å². The number of sulfonamides is 1. The number of carboxylic acid groups (broad SMARTS) is 1. The van der Waals surface area contributed by atoms with Gasteiger partial charge in [0.2, 0.25) is 10.0 Å². The average Bonchev–Trinajstić information content (AvgIpc) is 2.79. The zero-order chi connectivity index (χ0) is 27.2. The van der Waals surface area contributed by atoms with Crippen LogP contribution in [0.15, 0.2) is 24.3 Å². The van der Waals surface area contributed by atoms with Gasteiger partial charge in [0.25, 0.3) is 0 Å². The van der Waals surface area contributed by atoms with Gasteiger partial charge in [-0.05, 0) is 51.3 Å². The lowest BCUT2D eigenvalue weighted by atomic mass is 10.1. The smallest absolute Gasteiger partial charge is 0.407 e. The second kappa shape index (κ2) is 12.5. The van der Waals surface area contributed by atoms with Crippen molar-refractivity contribution in [2.75, 3.05) is 65.2 Å². The van der Waals surface area contributed by atoms with E-state index in [0.29, 0.717) is 44.7 Å². The van der Waals surface area contributed by atoms with Gasteiger partial charge in [-0.3, -0.25) is 9.80 Å². The standard InChI is InChI=1S/C26H41N5O5S/c1-26(2,3)31(25(32)33)15-13-29-19-23-17-28(18-24(20-29)36-23)12-14-30(37(4,34)35)11-5-6-21-7-9-22(16-27)10-8-21/h7-10,23-24H,5-6,11-15,17-20H2,1-4H3,(H,32,33). The topological polar surface area (TPSA) is 117 Å². The maximum absolute atomic E-state index is 12.4. The van der Waals surface area contributed by atoms with Gasteiger partial charge in [0, 0.05) is 64.4 Å². The van der Waals surface area contributed by atoms with E-state index in [9.17, 15) is 18.3 Å². The van der Waals surface area contributed by atoms with Crippen molar-refractivity contribution in [3.05, 3.63) is 35.4 Å². The number of aryl methyl sites for hydroxylation is 1. The van der Waals surface area contributed by atoms with Crippen molar-refractivity contribution in [1.82, 2.24) is 19.0 Å². The Labute approximate surface area is 221 Å². The van der Waals surface area contributed by atoms with E-state index in [4.69, 9.17) is 10.00 Å². The van der Waals surface area contributed by atoms with Gasteiger partial charge >= 0.3 is 6.09 Å². The summed E-state index contributed by atoms with van der Waals surface area (Å²) in [5.74, 6) is 0. The molecule has 1 amide bonds. The molecule has 11 heteroatoms. The molecule has 2 unspecified atom stereocenters. The van der Waals surface area contributed by atoms with Crippen molar-refractivity contribution in [3.8, 4) is 6.07 Å². The number of nitriles is 1.